The molecule has 1 aromatic heterocycles. The van der Waals surface area contributed by atoms with Crippen LogP contribution >= 0.6 is 15.9 Å². The molecule has 1 rings (SSSR count). The van der Waals surface area contributed by atoms with Gasteiger partial charge in [-0.1, -0.05) is 13.8 Å². The van der Waals surface area contributed by atoms with E-state index in [9.17, 15) is 4.79 Å². The van der Waals surface area contributed by atoms with Crippen LogP contribution in [0.2, 0.25) is 0 Å². The number of halogens is 1. The normalized spacial score (nSPS) is 12.5. The lowest BCUT2D eigenvalue weighted by atomic mass is 9.96. The molecule has 0 spiro atoms. The van der Waals surface area contributed by atoms with Crippen LogP contribution in [0, 0.1) is 11.8 Å². The van der Waals surface area contributed by atoms with Crippen molar-refractivity contribution >= 4 is 27.5 Å². The van der Waals surface area contributed by atoms with E-state index in [0.29, 0.717) is 12.5 Å². The minimum absolute atomic E-state index is 0.0342. The largest absolute Gasteiger partial charge is 0.330 e. The first-order valence-corrected chi connectivity index (χ1v) is 6.44. The SMILES string of the molecule is CC(C)CC(CN)C(=O)Nc1ccncc1Br. The van der Waals surface area contributed by atoms with Crippen LogP contribution in [-0.4, -0.2) is 17.4 Å². The molecular formula is C12H18BrN3O. The van der Waals surface area contributed by atoms with Crippen molar-refractivity contribution < 1.29 is 4.79 Å². The van der Waals surface area contributed by atoms with Gasteiger partial charge in [0.15, 0.2) is 0 Å². The number of hydrogen-bond acceptors (Lipinski definition) is 3. The molecule has 0 saturated heterocycles. The number of nitrogens with two attached hydrogens (primary N) is 1. The summed E-state index contributed by atoms with van der Waals surface area (Å²) in [6.45, 7) is 4.53. The molecule has 1 amide bonds. The second-order valence-corrected chi connectivity index (χ2v) is 5.26. The minimum atomic E-state index is -0.143. The highest BCUT2D eigenvalue weighted by Crippen LogP contribution is 2.21. The van der Waals surface area contributed by atoms with Crippen molar-refractivity contribution in [2.24, 2.45) is 17.6 Å². The fourth-order valence-electron chi connectivity index (χ4n) is 1.59. The third-order valence-electron chi connectivity index (χ3n) is 2.44. The average molecular weight is 300 g/mol. The molecule has 0 aliphatic carbocycles. The van der Waals surface area contributed by atoms with Crippen LogP contribution in [0.4, 0.5) is 5.69 Å². The van der Waals surface area contributed by atoms with Crippen LogP contribution in [-0.2, 0) is 4.79 Å². The zero-order chi connectivity index (χ0) is 12.8. The summed E-state index contributed by atoms with van der Waals surface area (Å²) in [5.41, 5.74) is 6.36. The van der Waals surface area contributed by atoms with E-state index >= 15 is 0 Å². The number of amides is 1. The molecule has 4 nitrogen and oxygen atoms in total. The van der Waals surface area contributed by atoms with E-state index in [4.69, 9.17) is 5.73 Å². The molecule has 0 saturated carbocycles. The molecule has 17 heavy (non-hydrogen) atoms. The molecular weight excluding hydrogens is 282 g/mol. The molecule has 1 atom stereocenters. The summed E-state index contributed by atoms with van der Waals surface area (Å²) in [5.74, 6) is 0.276. The molecule has 3 N–H and O–H groups in total. The van der Waals surface area contributed by atoms with Gasteiger partial charge >= 0.3 is 0 Å². The zero-order valence-corrected chi connectivity index (χ0v) is 11.7. The first-order valence-electron chi connectivity index (χ1n) is 5.65. The standard InChI is InChI=1S/C12H18BrN3O/c1-8(2)5-9(6-14)12(17)16-11-3-4-15-7-10(11)13/h3-4,7-9H,5-6,14H2,1-2H3,(H,15,16,17). The average Bonchev–Trinajstić information content (AvgIpc) is 2.28. The third-order valence-corrected chi connectivity index (χ3v) is 3.07. The Morgan fingerprint density at radius 3 is 2.82 bits per heavy atom. The van der Waals surface area contributed by atoms with Crippen molar-refractivity contribution in [2.45, 2.75) is 20.3 Å². The summed E-state index contributed by atoms with van der Waals surface area (Å²) in [7, 11) is 0. The highest BCUT2D eigenvalue weighted by molar-refractivity contribution is 9.10. The van der Waals surface area contributed by atoms with Gasteiger partial charge in [0.2, 0.25) is 5.91 Å². The van der Waals surface area contributed by atoms with E-state index in [0.717, 1.165) is 16.6 Å². The molecule has 1 unspecified atom stereocenters. The highest BCUT2D eigenvalue weighted by atomic mass is 79.9. The van der Waals surface area contributed by atoms with E-state index in [2.05, 4.69) is 40.1 Å². The summed E-state index contributed by atoms with van der Waals surface area (Å²) < 4.78 is 0.772. The second kappa shape index (κ2) is 6.71. The Bertz CT molecular complexity index is 382. The first kappa shape index (κ1) is 14.1. The molecule has 5 heteroatoms. The Morgan fingerprint density at radius 2 is 2.29 bits per heavy atom. The van der Waals surface area contributed by atoms with Gasteiger partial charge in [0.05, 0.1) is 16.1 Å². The maximum atomic E-state index is 12.0. The molecule has 0 aliphatic rings. The number of rotatable bonds is 5. The number of carbonyl (C=O) groups excluding carboxylic acids is 1. The molecule has 0 radical (unpaired) electrons. The van der Waals surface area contributed by atoms with Gasteiger partial charge in [0.1, 0.15) is 0 Å². The fourth-order valence-corrected chi connectivity index (χ4v) is 1.94. The Balaban J connectivity index is 2.67. The van der Waals surface area contributed by atoms with Gasteiger partial charge in [-0.15, -0.1) is 0 Å². The van der Waals surface area contributed by atoms with Crippen molar-refractivity contribution in [3.8, 4) is 0 Å². The van der Waals surface area contributed by atoms with Gasteiger partial charge in [0.25, 0.3) is 0 Å². The number of aromatic nitrogens is 1. The lowest BCUT2D eigenvalue weighted by Gasteiger charge is -2.17. The summed E-state index contributed by atoms with van der Waals surface area (Å²) in [6.07, 6.45) is 4.08. The van der Waals surface area contributed by atoms with Crippen LogP contribution in [0.1, 0.15) is 20.3 Å². The molecule has 94 valence electrons. The van der Waals surface area contributed by atoms with Crippen molar-refractivity contribution in [2.75, 3.05) is 11.9 Å². The van der Waals surface area contributed by atoms with Gasteiger partial charge in [-0.2, -0.15) is 0 Å². The Labute approximate surface area is 110 Å². The number of nitrogens with one attached hydrogen (secondary N) is 1. The quantitative estimate of drug-likeness (QED) is 0.877. The van der Waals surface area contributed by atoms with E-state index in [1.54, 1.807) is 18.5 Å². The second-order valence-electron chi connectivity index (χ2n) is 4.41. The number of anilines is 1. The van der Waals surface area contributed by atoms with Crippen LogP contribution in [0.5, 0.6) is 0 Å². The summed E-state index contributed by atoms with van der Waals surface area (Å²) in [6, 6.07) is 1.75. The summed E-state index contributed by atoms with van der Waals surface area (Å²) in [4.78, 5) is 15.9. The number of nitrogens with zero attached hydrogens (tertiary/aromatic N) is 1. The Morgan fingerprint density at radius 1 is 1.59 bits per heavy atom. The zero-order valence-electron chi connectivity index (χ0n) is 10.1. The summed E-state index contributed by atoms with van der Waals surface area (Å²) >= 11 is 3.34. The van der Waals surface area contributed by atoms with Crippen LogP contribution < -0.4 is 11.1 Å². The van der Waals surface area contributed by atoms with Gasteiger partial charge in [-0.3, -0.25) is 9.78 Å². The van der Waals surface area contributed by atoms with E-state index < -0.39 is 0 Å². The van der Waals surface area contributed by atoms with E-state index in [1.165, 1.54) is 0 Å². The topological polar surface area (TPSA) is 68.0 Å². The van der Waals surface area contributed by atoms with Crippen molar-refractivity contribution in [1.29, 1.82) is 0 Å². The molecule has 0 fully saturated rings. The smallest absolute Gasteiger partial charge is 0.228 e. The molecule has 1 aromatic rings. The molecule has 0 aliphatic heterocycles. The fraction of sp³-hybridized carbons (Fsp3) is 0.500. The molecule has 1 heterocycles. The predicted molar refractivity (Wildman–Crippen MR) is 72.6 cm³/mol. The summed E-state index contributed by atoms with van der Waals surface area (Å²) in [5, 5.41) is 2.86. The number of carbonyl (C=O) groups is 1. The van der Waals surface area contributed by atoms with Crippen molar-refractivity contribution in [1.82, 2.24) is 4.98 Å². The minimum Gasteiger partial charge on any atom is -0.330 e. The molecule has 0 bridgehead atoms. The number of hydrogen-bond donors (Lipinski definition) is 2. The van der Waals surface area contributed by atoms with Crippen molar-refractivity contribution in [3.63, 3.8) is 0 Å². The van der Waals surface area contributed by atoms with Gasteiger partial charge in [-0.25, -0.2) is 0 Å². The Kier molecular flexibility index (Phi) is 5.58. The van der Waals surface area contributed by atoms with E-state index in [1.807, 2.05) is 0 Å². The third kappa shape index (κ3) is 4.44. The lowest BCUT2D eigenvalue weighted by molar-refractivity contribution is -0.120. The Hall–Kier alpha value is -0.940. The first-order chi connectivity index (χ1) is 8.04. The van der Waals surface area contributed by atoms with Gasteiger partial charge < -0.3 is 11.1 Å². The number of pyridine rings is 1. The van der Waals surface area contributed by atoms with Crippen LogP contribution in [0.15, 0.2) is 22.9 Å². The lowest BCUT2D eigenvalue weighted by Crippen LogP contribution is -2.30. The van der Waals surface area contributed by atoms with Gasteiger partial charge in [-0.05, 0) is 34.3 Å². The van der Waals surface area contributed by atoms with E-state index in [-0.39, 0.29) is 11.8 Å². The highest BCUT2D eigenvalue weighted by Gasteiger charge is 2.18. The maximum Gasteiger partial charge on any atom is 0.228 e. The van der Waals surface area contributed by atoms with Crippen LogP contribution in [0.25, 0.3) is 0 Å². The van der Waals surface area contributed by atoms with Gasteiger partial charge in [0, 0.05) is 18.9 Å². The maximum absolute atomic E-state index is 12.0. The van der Waals surface area contributed by atoms with Crippen molar-refractivity contribution in [3.05, 3.63) is 22.9 Å². The predicted octanol–water partition coefficient (Wildman–Crippen LogP) is 2.40. The monoisotopic (exact) mass is 299 g/mol. The van der Waals surface area contributed by atoms with Crippen LogP contribution in [0.3, 0.4) is 0 Å². The molecule has 0 aromatic carbocycles.